The Kier molecular flexibility index (Phi) is 4.64. The highest BCUT2D eigenvalue weighted by Crippen LogP contribution is 2.33. The number of imide groups is 1. The largest absolute Gasteiger partial charge is 0.395 e. The van der Waals surface area contributed by atoms with E-state index in [0.29, 0.717) is 30.6 Å². The Morgan fingerprint density at radius 2 is 2.00 bits per heavy atom. The molecule has 1 aromatic carbocycles. The van der Waals surface area contributed by atoms with Crippen LogP contribution in [0.1, 0.15) is 47.2 Å². The van der Waals surface area contributed by atoms with Gasteiger partial charge in [-0.25, -0.2) is 0 Å². The highest BCUT2D eigenvalue weighted by Gasteiger charge is 2.42. The number of amides is 3. The average Bonchev–Trinajstić information content (AvgIpc) is 3.16. The summed E-state index contributed by atoms with van der Waals surface area (Å²) in [6.07, 6.45) is 2.85. The van der Waals surface area contributed by atoms with Gasteiger partial charge in [0.2, 0.25) is 11.8 Å². The quantitative estimate of drug-likeness (QED) is 0.605. The predicted octanol–water partition coefficient (Wildman–Crippen LogP) is -0.255. The summed E-state index contributed by atoms with van der Waals surface area (Å²) < 4.78 is 0. The Morgan fingerprint density at radius 3 is 2.79 bits per heavy atom. The monoisotopic (exact) mass is 398 g/mol. The van der Waals surface area contributed by atoms with Gasteiger partial charge in [-0.3, -0.25) is 24.6 Å². The fourth-order valence-corrected chi connectivity index (χ4v) is 5.38. The second-order valence-corrected chi connectivity index (χ2v) is 8.56. The number of piperidine rings is 1. The Bertz CT molecular complexity index is 872. The summed E-state index contributed by atoms with van der Waals surface area (Å²) >= 11 is 0. The van der Waals surface area contributed by atoms with Crippen LogP contribution in [0.2, 0.25) is 0 Å². The van der Waals surface area contributed by atoms with Gasteiger partial charge in [0, 0.05) is 49.7 Å². The normalized spacial score (nSPS) is 31.9. The molecule has 4 unspecified atom stereocenters. The van der Waals surface area contributed by atoms with Gasteiger partial charge in [0.1, 0.15) is 6.04 Å². The van der Waals surface area contributed by atoms with Crippen molar-refractivity contribution in [3.63, 3.8) is 0 Å². The number of nitrogens with zero attached hydrogens (tertiary/aromatic N) is 2. The summed E-state index contributed by atoms with van der Waals surface area (Å²) in [6.45, 7) is 2.19. The molecule has 3 saturated heterocycles. The molecular weight excluding hydrogens is 372 g/mol. The molecule has 1 aromatic rings. The Morgan fingerprint density at radius 1 is 1.14 bits per heavy atom. The van der Waals surface area contributed by atoms with Crippen molar-refractivity contribution in [2.75, 3.05) is 13.2 Å². The molecule has 0 spiro atoms. The fourth-order valence-electron chi connectivity index (χ4n) is 5.38. The molecule has 4 atom stereocenters. The summed E-state index contributed by atoms with van der Waals surface area (Å²) in [7, 11) is 0. The summed E-state index contributed by atoms with van der Waals surface area (Å²) in [5, 5.41) is 15.4. The third-order valence-corrected chi connectivity index (χ3v) is 6.93. The van der Waals surface area contributed by atoms with Crippen molar-refractivity contribution in [2.24, 2.45) is 0 Å². The minimum absolute atomic E-state index is 0.104. The molecule has 154 valence electrons. The third kappa shape index (κ3) is 3.15. The van der Waals surface area contributed by atoms with E-state index in [2.05, 4.69) is 21.6 Å². The second kappa shape index (κ2) is 7.19. The number of benzene rings is 1. The van der Waals surface area contributed by atoms with Crippen LogP contribution in [0.15, 0.2) is 18.2 Å². The van der Waals surface area contributed by atoms with Gasteiger partial charge < -0.3 is 15.3 Å². The van der Waals surface area contributed by atoms with Crippen LogP contribution in [0.4, 0.5) is 0 Å². The first-order valence-corrected chi connectivity index (χ1v) is 10.4. The van der Waals surface area contributed by atoms with E-state index in [1.807, 2.05) is 12.1 Å². The topological polar surface area (TPSA) is 102 Å². The maximum Gasteiger partial charge on any atom is 0.255 e. The molecule has 2 bridgehead atoms. The Balaban J connectivity index is 1.33. The number of hydrogen-bond acceptors (Lipinski definition) is 6. The first-order valence-electron chi connectivity index (χ1n) is 10.4. The van der Waals surface area contributed by atoms with Crippen LogP contribution in [0.25, 0.3) is 0 Å². The van der Waals surface area contributed by atoms with Crippen LogP contribution in [-0.4, -0.2) is 69.9 Å². The third-order valence-electron chi connectivity index (χ3n) is 6.93. The van der Waals surface area contributed by atoms with E-state index in [0.717, 1.165) is 37.1 Å². The van der Waals surface area contributed by atoms with E-state index in [4.69, 9.17) is 0 Å². The maximum atomic E-state index is 13.0. The number of piperazine rings is 1. The number of aliphatic hydroxyl groups excluding tert-OH is 1. The molecule has 0 aliphatic carbocycles. The zero-order valence-corrected chi connectivity index (χ0v) is 16.3. The van der Waals surface area contributed by atoms with Gasteiger partial charge in [0.05, 0.1) is 6.61 Å². The van der Waals surface area contributed by atoms with Crippen molar-refractivity contribution < 1.29 is 19.5 Å². The van der Waals surface area contributed by atoms with Crippen molar-refractivity contribution in [1.29, 1.82) is 0 Å². The number of carbonyl (C=O) groups excluding carboxylic acids is 3. The summed E-state index contributed by atoms with van der Waals surface area (Å²) in [5.41, 5.74) is 2.67. The Hall–Kier alpha value is -2.29. The van der Waals surface area contributed by atoms with Gasteiger partial charge in [0.25, 0.3) is 5.91 Å². The van der Waals surface area contributed by atoms with Crippen LogP contribution in [0.3, 0.4) is 0 Å². The number of carbonyl (C=O) groups is 3. The molecule has 4 heterocycles. The molecule has 0 saturated carbocycles. The lowest BCUT2D eigenvalue weighted by molar-refractivity contribution is -0.136. The SMILES string of the molecule is O=C1CCC(N2Cc3ccc(CN4C5CCC4C(CO)NC5)cc3C2=O)C(=O)N1. The standard InChI is InChI=1S/C21H26N4O4/c26-11-16-17-4-3-14(8-22-16)24(17)9-12-1-2-13-10-25(21(29)15(13)7-12)18-5-6-19(27)23-20(18)28/h1-2,7,14,16-18,22,26H,3-6,8-11H2,(H,23,27,28). The molecule has 3 fully saturated rings. The number of nitrogens with one attached hydrogen (secondary N) is 2. The van der Waals surface area contributed by atoms with Crippen LogP contribution < -0.4 is 10.6 Å². The van der Waals surface area contributed by atoms with Crippen LogP contribution in [0.5, 0.6) is 0 Å². The first-order chi connectivity index (χ1) is 14.0. The lowest BCUT2D eigenvalue weighted by Gasteiger charge is -2.40. The lowest BCUT2D eigenvalue weighted by Crippen LogP contribution is -2.58. The van der Waals surface area contributed by atoms with Crippen molar-refractivity contribution in [2.45, 2.75) is 62.9 Å². The van der Waals surface area contributed by atoms with Gasteiger partial charge in [-0.2, -0.15) is 0 Å². The molecule has 4 aliphatic heterocycles. The average molecular weight is 398 g/mol. The van der Waals surface area contributed by atoms with E-state index in [-0.39, 0.29) is 36.8 Å². The molecule has 3 amide bonds. The fraction of sp³-hybridized carbons (Fsp3) is 0.571. The van der Waals surface area contributed by atoms with Gasteiger partial charge >= 0.3 is 0 Å². The molecule has 3 N–H and O–H groups in total. The molecule has 0 radical (unpaired) electrons. The van der Waals surface area contributed by atoms with Crippen molar-refractivity contribution in [1.82, 2.24) is 20.4 Å². The predicted molar refractivity (Wildman–Crippen MR) is 104 cm³/mol. The van der Waals surface area contributed by atoms with Crippen molar-refractivity contribution in [3.05, 3.63) is 34.9 Å². The van der Waals surface area contributed by atoms with Crippen LogP contribution in [0, 0.1) is 0 Å². The van der Waals surface area contributed by atoms with E-state index < -0.39 is 6.04 Å². The highest BCUT2D eigenvalue weighted by atomic mass is 16.3. The highest BCUT2D eigenvalue weighted by molar-refractivity contribution is 6.05. The molecule has 5 rings (SSSR count). The van der Waals surface area contributed by atoms with E-state index in [1.54, 1.807) is 4.90 Å². The van der Waals surface area contributed by atoms with E-state index >= 15 is 0 Å². The van der Waals surface area contributed by atoms with Crippen LogP contribution >= 0.6 is 0 Å². The van der Waals surface area contributed by atoms with Gasteiger partial charge in [-0.1, -0.05) is 12.1 Å². The minimum atomic E-state index is -0.578. The van der Waals surface area contributed by atoms with Gasteiger partial charge in [-0.05, 0) is 36.5 Å². The van der Waals surface area contributed by atoms with Crippen molar-refractivity contribution >= 4 is 17.7 Å². The van der Waals surface area contributed by atoms with Gasteiger partial charge in [-0.15, -0.1) is 0 Å². The Labute approximate surface area is 169 Å². The summed E-state index contributed by atoms with van der Waals surface area (Å²) in [5.74, 6) is -0.785. The summed E-state index contributed by atoms with van der Waals surface area (Å²) in [6, 6.07) is 6.32. The zero-order valence-electron chi connectivity index (χ0n) is 16.3. The first kappa shape index (κ1) is 18.7. The molecule has 8 heteroatoms. The van der Waals surface area contributed by atoms with E-state index in [1.165, 1.54) is 0 Å². The second-order valence-electron chi connectivity index (χ2n) is 8.56. The van der Waals surface area contributed by atoms with Crippen molar-refractivity contribution in [3.8, 4) is 0 Å². The van der Waals surface area contributed by atoms with E-state index in [9.17, 15) is 19.5 Å². The number of rotatable bonds is 4. The lowest BCUT2D eigenvalue weighted by atomic mass is 10.0. The molecule has 0 aromatic heterocycles. The van der Waals surface area contributed by atoms with Crippen LogP contribution in [-0.2, 0) is 22.7 Å². The number of fused-ring (bicyclic) bond motifs is 3. The van der Waals surface area contributed by atoms with Gasteiger partial charge in [0.15, 0.2) is 0 Å². The summed E-state index contributed by atoms with van der Waals surface area (Å²) in [4.78, 5) is 40.7. The smallest absolute Gasteiger partial charge is 0.255 e. The molecular formula is C21H26N4O4. The maximum absolute atomic E-state index is 13.0. The molecule has 4 aliphatic rings. The number of hydrogen-bond donors (Lipinski definition) is 3. The zero-order chi connectivity index (χ0) is 20.1. The molecule has 29 heavy (non-hydrogen) atoms. The minimum Gasteiger partial charge on any atom is -0.395 e. The number of aliphatic hydroxyl groups is 1. The molecule has 8 nitrogen and oxygen atoms in total.